The summed E-state index contributed by atoms with van der Waals surface area (Å²) < 4.78 is 12.7. The molecule has 0 saturated carbocycles. The average molecular weight is 522 g/mol. The third kappa shape index (κ3) is 5.73. The van der Waals surface area contributed by atoms with Crippen LogP contribution in [0.2, 0.25) is 0 Å². The summed E-state index contributed by atoms with van der Waals surface area (Å²) in [5.74, 6) is 1.75. The van der Waals surface area contributed by atoms with Crippen LogP contribution in [0.5, 0.6) is 5.75 Å². The SMILES string of the molecule is CNC(=O)COc1cc2cc(Nc3nc(N4CCN(C)CC4)ncc3C)ccc2n(CCC2COC2)c1=O. The molecular formula is C27H35N7O4. The third-order valence-electron chi connectivity index (χ3n) is 7.17. The molecule has 0 bridgehead atoms. The van der Waals surface area contributed by atoms with Crippen molar-refractivity contribution >= 4 is 34.3 Å². The summed E-state index contributed by atoms with van der Waals surface area (Å²) in [6, 6.07) is 7.57. The lowest BCUT2D eigenvalue weighted by Crippen LogP contribution is -2.45. The molecule has 3 aromatic rings. The molecule has 0 unspecified atom stereocenters. The normalized spacial score (nSPS) is 16.3. The van der Waals surface area contributed by atoms with Crippen LogP contribution < -0.4 is 25.8 Å². The summed E-state index contributed by atoms with van der Waals surface area (Å²) in [7, 11) is 3.66. The molecule has 2 aromatic heterocycles. The van der Waals surface area contributed by atoms with Gasteiger partial charge in [0.2, 0.25) is 5.95 Å². The van der Waals surface area contributed by atoms with Crippen molar-refractivity contribution in [3.05, 3.63) is 46.4 Å². The van der Waals surface area contributed by atoms with E-state index in [1.165, 1.54) is 7.05 Å². The molecule has 2 aliphatic heterocycles. The molecule has 11 heteroatoms. The predicted octanol–water partition coefficient (Wildman–Crippen LogP) is 1.76. The number of benzene rings is 1. The Morgan fingerprint density at radius 1 is 1.18 bits per heavy atom. The van der Waals surface area contributed by atoms with Crippen LogP contribution in [0.25, 0.3) is 10.9 Å². The van der Waals surface area contributed by atoms with Crippen LogP contribution in [0.15, 0.2) is 35.3 Å². The van der Waals surface area contributed by atoms with Gasteiger partial charge in [-0.15, -0.1) is 0 Å². The molecule has 1 amide bonds. The molecule has 2 aliphatic rings. The standard InChI is InChI=1S/C27H35N7O4/c1-18-14-29-27(33-10-8-32(3)9-11-33)31-25(18)30-21-4-5-22-20(12-21)13-23(38-17-24(35)28-2)26(36)34(22)7-6-19-15-37-16-19/h4-5,12-14,19H,6-11,15-17H2,1-3H3,(H,28,35)(H,29,30,31). The monoisotopic (exact) mass is 521 g/mol. The van der Waals surface area contributed by atoms with E-state index in [1.54, 1.807) is 10.6 Å². The number of rotatable bonds is 9. The van der Waals surface area contributed by atoms with Gasteiger partial charge < -0.3 is 34.5 Å². The fraction of sp³-hybridized carbons (Fsp3) is 0.481. The van der Waals surface area contributed by atoms with Crippen molar-refractivity contribution in [3.8, 4) is 5.75 Å². The van der Waals surface area contributed by atoms with Gasteiger partial charge in [0, 0.05) is 68.5 Å². The number of anilines is 3. The summed E-state index contributed by atoms with van der Waals surface area (Å²) in [5.41, 5.74) is 2.33. The molecule has 0 spiro atoms. The Labute approximate surface area is 221 Å². The van der Waals surface area contributed by atoms with Gasteiger partial charge in [-0.2, -0.15) is 4.98 Å². The highest BCUT2D eigenvalue weighted by Gasteiger charge is 2.20. The van der Waals surface area contributed by atoms with Crippen molar-refractivity contribution < 1.29 is 14.3 Å². The van der Waals surface area contributed by atoms with E-state index in [-0.39, 0.29) is 23.8 Å². The number of hydrogen-bond acceptors (Lipinski definition) is 9. The van der Waals surface area contributed by atoms with Gasteiger partial charge in [0.1, 0.15) is 5.82 Å². The molecule has 2 fully saturated rings. The topological polar surface area (TPSA) is 114 Å². The molecule has 11 nitrogen and oxygen atoms in total. The van der Waals surface area contributed by atoms with E-state index in [0.29, 0.717) is 18.4 Å². The van der Waals surface area contributed by atoms with Crippen molar-refractivity contribution in [2.75, 3.05) is 70.3 Å². The third-order valence-corrected chi connectivity index (χ3v) is 7.17. The Hall–Kier alpha value is -3.70. The Bertz CT molecular complexity index is 1360. The lowest BCUT2D eigenvalue weighted by molar-refractivity contribution is -0.122. The number of aromatic nitrogens is 3. The Balaban J connectivity index is 1.44. The van der Waals surface area contributed by atoms with Crippen molar-refractivity contribution in [2.45, 2.75) is 19.9 Å². The van der Waals surface area contributed by atoms with Gasteiger partial charge in [0.25, 0.3) is 11.5 Å². The van der Waals surface area contributed by atoms with E-state index >= 15 is 0 Å². The van der Waals surface area contributed by atoms with E-state index < -0.39 is 0 Å². The zero-order valence-corrected chi connectivity index (χ0v) is 22.2. The fourth-order valence-corrected chi connectivity index (χ4v) is 4.60. The smallest absolute Gasteiger partial charge is 0.293 e. The van der Waals surface area contributed by atoms with Gasteiger partial charge in [-0.3, -0.25) is 9.59 Å². The molecule has 2 saturated heterocycles. The number of carbonyl (C=O) groups is 1. The first-order chi connectivity index (χ1) is 18.4. The van der Waals surface area contributed by atoms with Gasteiger partial charge in [-0.25, -0.2) is 4.98 Å². The number of hydrogen-bond donors (Lipinski definition) is 2. The quantitative estimate of drug-likeness (QED) is 0.435. The molecule has 0 radical (unpaired) electrons. The number of nitrogens with one attached hydrogen (secondary N) is 2. The first-order valence-electron chi connectivity index (χ1n) is 13.0. The number of carbonyl (C=O) groups excluding carboxylic acids is 1. The van der Waals surface area contributed by atoms with Crippen molar-refractivity contribution in [2.24, 2.45) is 5.92 Å². The lowest BCUT2D eigenvalue weighted by Gasteiger charge is -2.32. The second kappa shape index (κ2) is 11.4. The number of pyridine rings is 1. The largest absolute Gasteiger partial charge is 0.478 e. The molecule has 1 aromatic carbocycles. The number of amides is 1. The Morgan fingerprint density at radius 3 is 2.68 bits per heavy atom. The highest BCUT2D eigenvalue weighted by molar-refractivity contribution is 5.85. The minimum Gasteiger partial charge on any atom is -0.478 e. The van der Waals surface area contributed by atoms with Crippen LogP contribution in [-0.4, -0.2) is 85.4 Å². The fourth-order valence-electron chi connectivity index (χ4n) is 4.60. The number of piperazine rings is 1. The Kier molecular flexibility index (Phi) is 7.75. The summed E-state index contributed by atoms with van der Waals surface area (Å²) in [4.78, 5) is 38.9. The lowest BCUT2D eigenvalue weighted by atomic mass is 10.0. The van der Waals surface area contributed by atoms with E-state index in [9.17, 15) is 9.59 Å². The minimum absolute atomic E-state index is 0.152. The molecule has 2 N–H and O–H groups in total. The van der Waals surface area contributed by atoms with Crippen LogP contribution in [0, 0.1) is 12.8 Å². The van der Waals surface area contributed by atoms with Crippen LogP contribution in [0.4, 0.5) is 17.5 Å². The van der Waals surface area contributed by atoms with Gasteiger partial charge in [0.15, 0.2) is 12.4 Å². The molecule has 38 heavy (non-hydrogen) atoms. The second-order valence-electron chi connectivity index (χ2n) is 10.0. The second-order valence-corrected chi connectivity index (χ2v) is 10.0. The van der Waals surface area contributed by atoms with Crippen LogP contribution in [-0.2, 0) is 16.1 Å². The van der Waals surface area contributed by atoms with E-state index in [4.69, 9.17) is 14.5 Å². The Morgan fingerprint density at radius 2 is 1.97 bits per heavy atom. The summed E-state index contributed by atoms with van der Waals surface area (Å²) in [5, 5.41) is 6.79. The highest BCUT2D eigenvalue weighted by atomic mass is 16.5. The first-order valence-corrected chi connectivity index (χ1v) is 13.0. The minimum atomic E-state index is -0.298. The zero-order valence-electron chi connectivity index (χ0n) is 22.2. The maximum absolute atomic E-state index is 13.3. The van der Waals surface area contributed by atoms with Gasteiger partial charge in [-0.1, -0.05) is 0 Å². The van der Waals surface area contributed by atoms with Gasteiger partial charge >= 0.3 is 0 Å². The molecular weight excluding hydrogens is 486 g/mol. The molecule has 0 atom stereocenters. The molecule has 202 valence electrons. The van der Waals surface area contributed by atoms with Crippen LogP contribution in [0.3, 0.4) is 0 Å². The number of nitrogens with zero attached hydrogens (tertiary/aromatic N) is 5. The zero-order chi connectivity index (χ0) is 26.6. The van der Waals surface area contributed by atoms with E-state index in [0.717, 1.165) is 73.8 Å². The molecule has 0 aliphatic carbocycles. The summed E-state index contributed by atoms with van der Waals surface area (Å²) in [6.45, 7) is 7.48. The van der Waals surface area contributed by atoms with Gasteiger partial charge in [0.05, 0.1) is 18.7 Å². The maximum Gasteiger partial charge on any atom is 0.293 e. The van der Waals surface area contributed by atoms with E-state index in [1.807, 2.05) is 31.3 Å². The van der Waals surface area contributed by atoms with E-state index in [2.05, 4.69) is 32.5 Å². The van der Waals surface area contributed by atoms with Crippen LogP contribution >= 0.6 is 0 Å². The summed E-state index contributed by atoms with van der Waals surface area (Å²) >= 11 is 0. The van der Waals surface area contributed by atoms with Crippen molar-refractivity contribution in [3.63, 3.8) is 0 Å². The number of likely N-dealkylation sites (N-methyl/N-ethyl adjacent to an activating group) is 2. The number of fused-ring (bicyclic) bond motifs is 1. The van der Waals surface area contributed by atoms with Crippen LogP contribution in [0.1, 0.15) is 12.0 Å². The van der Waals surface area contributed by atoms with Gasteiger partial charge in [-0.05, 0) is 44.7 Å². The summed E-state index contributed by atoms with van der Waals surface area (Å²) in [6.07, 6.45) is 2.68. The molecule has 4 heterocycles. The first kappa shape index (κ1) is 25.9. The predicted molar refractivity (Wildman–Crippen MR) is 146 cm³/mol. The highest BCUT2D eigenvalue weighted by Crippen LogP contribution is 2.26. The average Bonchev–Trinajstić information content (AvgIpc) is 2.89. The maximum atomic E-state index is 13.3. The van der Waals surface area contributed by atoms with Crippen molar-refractivity contribution in [1.29, 1.82) is 0 Å². The van der Waals surface area contributed by atoms with Crippen molar-refractivity contribution in [1.82, 2.24) is 24.8 Å². The number of ether oxygens (including phenoxy) is 2. The molecule has 5 rings (SSSR count). The number of aryl methyl sites for hydroxylation is 2.